The summed E-state index contributed by atoms with van der Waals surface area (Å²) in [6, 6.07) is 10.6. The first-order valence-electron chi connectivity index (χ1n) is 3.92. The molecule has 0 aliphatic rings. The molecule has 0 N–H and O–H groups in total. The van der Waals surface area contributed by atoms with E-state index in [2.05, 4.69) is 51.5 Å². The summed E-state index contributed by atoms with van der Waals surface area (Å²) in [6.07, 6.45) is 0. The van der Waals surface area contributed by atoms with Crippen LogP contribution < -0.4 is 0 Å². The third-order valence-corrected chi connectivity index (χ3v) is 1.50. The molecule has 0 saturated carbocycles. The minimum absolute atomic E-state index is 0. The smallest absolute Gasteiger partial charge is 0.104 e. The lowest BCUT2D eigenvalue weighted by Crippen LogP contribution is -2.33. The van der Waals surface area contributed by atoms with Crippen molar-refractivity contribution >= 4 is 0 Å². The molecule has 0 atom stereocenters. The van der Waals surface area contributed by atoms with Crippen LogP contribution >= 0.6 is 0 Å². The highest BCUT2D eigenvalue weighted by atomic mass is 16.0. The largest absolute Gasteiger partial charge is 1.00 e. The van der Waals surface area contributed by atoms with Crippen LogP contribution in [-0.2, 0) is 12.0 Å². The fourth-order valence-corrected chi connectivity index (χ4v) is 1.13. The van der Waals surface area contributed by atoms with Crippen molar-refractivity contribution in [3.63, 3.8) is 0 Å². The number of hydrogen-bond donors (Lipinski definition) is 0. The van der Waals surface area contributed by atoms with Crippen LogP contribution in [0.1, 0.15) is 5.56 Å². The Labute approximate surface area is 74.3 Å². The zero-order chi connectivity index (χ0) is 8.32. The van der Waals surface area contributed by atoms with Crippen LogP contribution in [0, 0.1) is 0 Å². The second kappa shape index (κ2) is 4.24. The second-order valence-electron chi connectivity index (χ2n) is 3.93. The lowest BCUT2D eigenvalue weighted by atomic mass is 10.2. The number of benzene rings is 1. The molecule has 67 valence electrons. The zero-order valence-electron chi connectivity index (χ0n) is 7.95. The van der Waals surface area contributed by atoms with Crippen molar-refractivity contribution in [1.29, 1.82) is 0 Å². The standard InChI is InChI=1S/C10H16N.O/c1-11(2,3)9-10-7-5-4-6-8-10;/h4-8H,9H2,1-3H3;/q+1;-1. The van der Waals surface area contributed by atoms with Crippen molar-refractivity contribution in [2.45, 2.75) is 6.54 Å². The van der Waals surface area contributed by atoms with E-state index < -0.39 is 0 Å². The molecule has 1 aromatic carbocycles. The van der Waals surface area contributed by atoms with Gasteiger partial charge in [-0.15, -0.1) is 0 Å². The minimum Gasteiger partial charge on any atom is -1.00 e. The quantitative estimate of drug-likeness (QED) is 0.599. The lowest BCUT2D eigenvalue weighted by molar-refractivity contribution is -0.884. The van der Waals surface area contributed by atoms with Gasteiger partial charge in [-0.3, -0.25) is 0 Å². The molecule has 2 nitrogen and oxygen atoms in total. The molecule has 0 saturated heterocycles. The molecule has 1 rings (SSSR count). The van der Waals surface area contributed by atoms with Gasteiger partial charge in [-0.25, -0.2) is 0 Å². The third-order valence-electron chi connectivity index (χ3n) is 1.50. The molecular weight excluding hydrogens is 150 g/mol. The molecule has 0 bridgehead atoms. The normalized spacial score (nSPS) is 10.6. The van der Waals surface area contributed by atoms with Crippen molar-refractivity contribution in [2.24, 2.45) is 0 Å². The van der Waals surface area contributed by atoms with Gasteiger partial charge in [-0.2, -0.15) is 0 Å². The van der Waals surface area contributed by atoms with Gasteiger partial charge in [0.25, 0.3) is 0 Å². The second-order valence-corrected chi connectivity index (χ2v) is 3.93. The van der Waals surface area contributed by atoms with E-state index in [0.29, 0.717) is 0 Å². The Kier molecular flexibility index (Phi) is 3.93. The van der Waals surface area contributed by atoms with Gasteiger partial charge in [0.1, 0.15) is 6.54 Å². The van der Waals surface area contributed by atoms with Crippen molar-refractivity contribution in [1.82, 2.24) is 0 Å². The maximum Gasteiger partial charge on any atom is 0.104 e. The summed E-state index contributed by atoms with van der Waals surface area (Å²) in [7, 11) is 6.60. The Morgan fingerprint density at radius 3 is 1.92 bits per heavy atom. The Balaban J connectivity index is 0.00000121. The first-order chi connectivity index (χ1) is 5.08. The molecule has 12 heavy (non-hydrogen) atoms. The van der Waals surface area contributed by atoms with Crippen LogP contribution in [0.15, 0.2) is 30.3 Å². The van der Waals surface area contributed by atoms with E-state index >= 15 is 0 Å². The van der Waals surface area contributed by atoms with Gasteiger partial charge in [0.15, 0.2) is 0 Å². The van der Waals surface area contributed by atoms with Crippen molar-refractivity contribution < 1.29 is 9.96 Å². The van der Waals surface area contributed by atoms with Gasteiger partial charge in [0.2, 0.25) is 0 Å². The molecule has 0 fully saturated rings. The van der Waals surface area contributed by atoms with Crippen LogP contribution in [0.4, 0.5) is 0 Å². The summed E-state index contributed by atoms with van der Waals surface area (Å²) >= 11 is 0. The molecular formula is C10H16NO. The van der Waals surface area contributed by atoms with Gasteiger partial charge >= 0.3 is 0 Å². The van der Waals surface area contributed by atoms with Crippen LogP contribution in [0.2, 0.25) is 0 Å². The molecule has 0 heterocycles. The Morgan fingerprint density at radius 1 is 1.00 bits per heavy atom. The highest BCUT2D eigenvalue weighted by Gasteiger charge is 2.06. The predicted octanol–water partition coefficient (Wildman–Crippen LogP) is 1.77. The zero-order valence-corrected chi connectivity index (χ0v) is 7.95. The molecule has 0 amide bonds. The SMILES string of the molecule is C[N+](C)(C)Cc1ccccc1.[O-]. The summed E-state index contributed by atoms with van der Waals surface area (Å²) in [6.45, 7) is 1.10. The Bertz CT molecular complexity index is 213. The number of hydrogen-bond acceptors (Lipinski definition) is 1. The minimum atomic E-state index is 0. The first-order valence-corrected chi connectivity index (χ1v) is 3.92. The van der Waals surface area contributed by atoms with Gasteiger partial charge in [-0.1, -0.05) is 30.3 Å². The number of rotatable bonds is 2. The molecule has 0 aliphatic heterocycles. The monoisotopic (exact) mass is 166 g/mol. The fourth-order valence-electron chi connectivity index (χ4n) is 1.13. The molecule has 2 heteroatoms. The van der Waals surface area contributed by atoms with Crippen LogP contribution in [-0.4, -0.2) is 25.6 Å². The van der Waals surface area contributed by atoms with E-state index in [1.807, 2.05) is 0 Å². The topological polar surface area (TPSA) is 28.5 Å². The third kappa shape index (κ3) is 4.11. The van der Waals surface area contributed by atoms with Crippen molar-refractivity contribution in [3.8, 4) is 0 Å². The fraction of sp³-hybridized carbons (Fsp3) is 0.400. The molecule has 0 unspecified atom stereocenters. The summed E-state index contributed by atoms with van der Waals surface area (Å²) in [5.41, 5.74) is 1.40. The molecule has 0 aromatic heterocycles. The lowest BCUT2D eigenvalue weighted by Gasteiger charge is -2.23. The predicted molar refractivity (Wildman–Crippen MR) is 48.9 cm³/mol. The molecule has 1 radical (unpaired) electrons. The van der Waals surface area contributed by atoms with Gasteiger partial charge in [0, 0.05) is 5.56 Å². The average molecular weight is 166 g/mol. The van der Waals surface area contributed by atoms with E-state index in [4.69, 9.17) is 0 Å². The highest BCUT2D eigenvalue weighted by Crippen LogP contribution is 2.04. The van der Waals surface area contributed by atoms with Gasteiger partial charge < -0.3 is 9.96 Å². The molecule has 0 spiro atoms. The first kappa shape index (κ1) is 11.1. The summed E-state index contributed by atoms with van der Waals surface area (Å²) in [5, 5.41) is 0. The van der Waals surface area contributed by atoms with Crippen LogP contribution in [0.25, 0.3) is 0 Å². The average Bonchev–Trinajstić information content (AvgIpc) is 1.85. The van der Waals surface area contributed by atoms with E-state index in [-0.39, 0.29) is 5.48 Å². The van der Waals surface area contributed by atoms with E-state index in [1.165, 1.54) is 5.56 Å². The summed E-state index contributed by atoms with van der Waals surface area (Å²) in [5.74, 6) is 0. The maximum absolute atomic E-state index is 2.20. The van der Waals surface area contributed by atoms with Crippen molar-refractivity contribution in [2.75, 3.05) is 21.1 Å². The molecule has 0 aliphatic carbocycles. The van der Waals surface area contributed by atoms with Gasteiger partial charge in [0.05, 0.1) is 21.1 Å². The summed E-state index contributed by atoms with van der Waals surface area (Å²) < 4.78 is 0.990. The maximum atomic E-state index is 2.20. The van der Waals surface area contributed by atoms with E-state index in [9.17, 15) is 0 Å². The van der Waals surface area contributed by atoms with E-state index in [1.54, 1.807) is 0 Å². The number of nitrogens with zero attached hydrogens (tertiary/aromatic N) is 1. The number of quaternary nitrogens is 1. The van der Waals surface area contributed by atoms with Crippen molar-refractivity contribution in [3.05, 3.63) is 35.9 Å². The van der Waals surface area contributed by atoms with E-state index in [0.717, 1.165) is 11.0 Å². The summed E-state index contributed by atoms with van der Waals surface area (Å²) in [4.78, 5) is 0. The van der Waals surface area contributed by atoms with Crippen LogP contribution in [0.3, 0.4) is 0 Å². The highest BCUT2D eigenvalue weighted by molar-refractivity contribution is 5.13. The Hall–Kier alpha value is -0.860. The van der Waals surface area contributed by atoms with Crippen LogP contribution in [0.5, 0.6) is 0 Å². The van der Waals surface area contributed by atoms with Gasteiger partial charge in [-0.05, 0) is 0 Å². The Morgan fingerprint density at radius 2 is 1.50 bits per heavy atom. The molecule has 1 aromatic rings.